The molecule has 0 atom stereocenters. The molecule has 0 bridgehead atoms. The minimum atomic E-state index is -0.00829. The second-order valence-corrected chi connectivity index (χ2v) is 3.99. The van der Waals surface area contributed by atoms with Crippen molar-refractivity contribution in [2.45, 2.75) is 27.2 Å². The van der Waals surface area contributed by atoms with Crippen molar-refractivity contribution in [1.29, 1.82) is 0 Å². The molecule has 0 aliphatic heterocycles. The van der Waals surface area contributed by atoms with Crippen LogP contribution in [0.3, 0.4) is 0 Å². The Bertz CT molecular complexity index is 491. The van der Waals surface area contributed by atoms with Gasteiger partial charge >= 0.3 is 0 Å². The van der Waals surface area contributed by atoms with Crippen LogP contribution in [0.15, 0.2) is 17.2 Å². The average Bonchev–Trinajstić information content (AvgIpc) is 2.34. The number of hydrogen-bond acceptors (Lipinski definition) is 3. The fraction of sp³-hybridized carbons (Fsp3) is 0.462. The fourth-order valence-corrected chi connectivity index (χ4v) is 1.73. The van der Waals surface area contributed by atoms with Crippen molar-refractivity contribution in [2.24, 2.45) is 5.11 Å². The Morgan fingerprint density at radius 2 is 2.11 bits per heavy atom. The van der Waals surface area contributed by atoms with Crippen LogP contribution in [0.1, 0.15) is 34.8 Å². The summed E-state index contributed by atoms with van der Waals surface area (Å²) in [7, 11) is 0. The van der Waals surface area contributed by atoms with Gasteiger partial charge in [0.05, 0.1) is 6.61 Å². The molecule has 0 aliphatic rings. The summed E-state index contributed by atoms with van der Waals surface area (Å²) in [6, 6.07) is 3.71. The van der Waals surface area contributed by atoms with Crippen LogP contribution in [0, 0.1) is 13.8 Å². The lowest BCUT2D eigenvalue weighted by atomic mass is 9.99. The van der Waals surface area contributed by atoms with Crippen molar-refractivity contribution in [3.8, 4) is 5.75 Å². The monoisotopic (exact) mass is 247 g/mol. The summed E-state index contributed by atoms with van der Waals surface area (Å²) in [5.41, 5.74) is 10.7. The average molecular weight is 247 g/mol. The molecule has 0 unspecified atom stereocenters. The van der Waals surface area contributed by atoms with E-state index in [4.69, 9.17) is 10.3 Å². The highest BCUT2D eigenvalue weighted by atomic mass is 16.5. The van der Waals surface area contributed by atoms with Gasteiger partial charge in [0, 0.05) is 23.4 Å². The number of Topliss-reactive ketones (excluding diaryl/α,β-unsaturated/α-hetero) is 1. The zero-order valence-electron chi connectivity index (χ0n) is 10.9. The minimum Gasteiger partial charge on any atom is -0.494 e. The predicted molar refractivity (Wildman–Crippen MR) is 70.0 cm³/mol. The summed E-state index contributed by atoms with van der Waals surface area (Å²) in [6.07, 6.45) is 0.234. The molecule has 0 spiro atoms. The lowest BCUT2D eigenvalue weighted by Crippen LogP contribution is -2.05. The molecule has 5 nitrogen and oxygen atoms in total. The molecule has 5 heteroatoms. The maximum absolute atomic E-state index is 11.9. The van der Waals surface area contributed by atoms with Crippen molar-refractivity contribution < 1.29 is 9.53 Å². The molecule has 1 aromatic rings. The van der Waals surface area contributed by atoms with E-state index in [1.165, 1.54) is 0 Å². The van der Waals surface area contributed by atoms with Gasteiger partial charge in [0.2, 0.25) is 0 Å². The fourth-order valence-electron chi connectivity index (χ4n) is 1.73. The smallest absolute Gasteiger partial charge is 0.163 e. The summed E-state index contributed by atoms with van der Waals surface area (Å²) < 4.78 is 5.47. The molecule has 0 saturated heterocycles. The minimum absolute atomic E-state index is 0.00829. The topological polar surface area (TPSA) is 75.1 Å². The number of carbonyl (C=O) groups excluding carboxylic acids is 1. The van der Waals surface area contributed by atoms with Gasteiger partial charge in [-0.15, -0.1) is 0 Å². The second kappa shape index (κ2) is 6.67. The zero-order chi connectivity index (χ0) is 13.5. The number of ketones is 1. The largest absolute Gasteiger partial charge is 0.494 e. The summed E-state index contributed by atoms with van der Waals surface area (Å²) in [4.78, 5) is 14.6. The molecule has 0 N–H and O–H groups in total. The van der Waals surface area contributed by atoms with Crippen molar-refractivity contribution in [2.75, 3.05) is 13.2 Å². The normalized spacial score (nSPS) is 9.72. The first-order chi connectivity index (χ1) is 8.60. The van der Waals surface area contributed by atoms with Crippen molar-refractivity contribution >= 4 is 5.78 Å². The first kappa shape index (κ1) is 14.1. The third-order valence-corrected chi connectivity index (χ3v) is 2.62. The summed E-state index contributed by atoms with van der Waals surface area (Å²) >= 11 is 0. The Labute approximate surface area is 106 Å². The van der Waals surface area contributed by atoms with E-state index in [1.54, 1.807) is 0 Å². The number of ether oxygens (including phenoxy) is 1. The van der Waals surface area contributed by atoms with Crippen LogP contribution < -0.4 is 4.74 Å². The molecule has 1 aromatic carbocycles. The number of nitrogens with zero attached hydrogens (tertiary/aromatic N) is 3. The van der Waals surface area contributed by atoms with Gasteiger partial charge in [-0.25, -0.2) is 0 Å². The van der Waals surface area contributed by atoms with Gasteiger partial charge in [0.1, 0.15) is 5.75 Å². The van der Waals surface area contributed by atoms with Gasteiger partial charge < -0.3 is 4.74 Å². The number of carbonyl (C=O) groups is 1. The van der Waals surface area contributed by atoms with E-state index in [9.17, 15) is 4.79 Å². The zero-order valence-corrected chi connectivity index (χ0v) is 10.9. The highest BCUT2D eigenvalue weighted by molar-refractivity contribution is 5.98. The molecule has 0 heterocycles. The van der Waals surface area contributed by atoms with Crippen LogP contribution in [0.4, 0.5) is 0 Å². The van der Waals surface area contributed by atoms with Crippen LogP contribution in [-0.2, 0) is 0 Å². The number of rotatable bonds is 6. The van der Waals surface area contributed by atoms with Crippen LogP contribution in [0.25, 0.3) is 10.4 Å². The number of aryl methyl sites for hydroxylation is 2. The van der Waals surface area contributed by atoms with E-state index in [0.29, 0.717) is 12.2 Å². The molecule has 96 valence electrons. The number of hydrogen-bond donors (Lipinski definition) is 0. The van der Waals surface area contributed by atoms with Crippen LogP contribution in [0.5, 0.6) is 5.75 Å². The molecule has 0 amide bonds. The van der Waals surface area contributed by atoms with E-state index in [0.717, 1.165) is 16.9 Å². The summed E-state index contributed by atoms with van der Waals surface area (Å²) in [5, 5.41) is 3.37. The molecule has 18 heavy (non-hydrogen) atoms. The van der Waals surface area contributed by atoms with Gasteiger partial charge in [-0.3, -0.25) is 4.79 Å². The van der Waals surface area contributed by atoms with Crippen LogP contribution >= 0.6 is 0 Å². The Kier molecular flexibility index (Phi) is 5.21. The summed E-state index contributed by atoms with van der Waals surface area (Å²) in [5.74, 6) is 0.799. The van der Waals surface area contributed by atoms with E-state index >= 15 is 0 Å². The standard InChI is InChI=1S/C13H17N3O2/c1-4-18-13-8-9(2)11(7-10(13)3)12(17)5-6-15-16-14/h7-8H,4-6H2,1-3H3. The Hall–Kier alpha value is -2.00. The summed E-state index contributed by atoms with van der Waals surface area (Å²) in [6.45, 7) is 6.51. The lowest BCUT2D eigenvalue weighted by molar-refractivity contribution is 0.0984. The molecule has 1 rings (SSSR count). The highest BCUT2D eigenvalue weighted by Gasteiger charge is 2.11. The molecule has 0 radical (unpaired) electrons. The van der Waals surface area contributed by atoms with Crippen LogP contribution in [0.2, 0.25) is 0 Å². The maximum Gasteiger partial charge on any atom is 0.163 e. The van der Waals surface area contributed by atoms with E-state index in [-0.39, 0.29) is 18.7 Å². The molecule has 0 fully saturated rings. The van der Waals surface area contributed by atoms with E-state index in [1.807, 2.05) is 32.9 Å². The molecule has 0 saturated carbocycles. The Morgan fingerprint density at radius 1 is 1.39 bits per heavy atom. The van der Waals surface area contributed by atoms with Gasteiger partial charge in [0.15, 0.2) is 5.78 Å². The van der Waals surface area contributed by atoms with Gasteiger partial charge in [-0.05, 0) is 49.6 Å². The van der Waals surface area contributed by atoms with E-state index < -0.39 is 0 Å². The second-order valence-electron chi connectivity index (χ2n) is 3.99. The first-order valence-corrected chi connectivity index (χ1v) is 5.88. The molecular weight excluding hydrogens is 230 g/mol. The molecular formula is C13H17N3O2. The SMILES string of the molecule is CCOc1cc(C)c(C(=O)CCN=[N+]=[N-])cc1C. The van der Waals surface area contributed by atoms with Crippen LogP contribution in [-0.4, -0.2) is 18.9 Å². The maximum atomic E-state index is 11.9. The van der Waals surface area contributed by atoms with Gasteiger partial charge in [-0.1, -0.05) is 5.11 Å². The van der Waals surface area contributed by atoms with Gasteiger partial charge in [0.25, 0.3) is 0 Å². The van der Waals surface area contributed by atoms with Crippen molar-refractivity contribution in [3.63, 3.8) is 0 Å². The first-order valence-electron chi connectivity index (χ1n) is 5.88. The number of azide groups is 1. The highest BCUT2D eigenvalue weighted by Crippen LogP contribution is 2.23. The quantitative estimate of drug-likeness (QED) is 0.333. The van der Waals surface area contributed by atoms with Crippen molar-refractivity contribution in [3.05, 3.63) is 39.3 Å². The third-order valence-electron chi connectivity index (χ3n) is 2.62. The van der Waals surface area contributed by atoms with E-state index in [2.05, 4.69) is 10.0 Å². The molecule has 0 aliphatic carbocycles. The Morgan fingerprint density at radius 3 is 2.72 bits per heavy atom. The number of benzene rings is 1. The Balaban J connectivity index is 2.92. The van der Waals surface area contributed by atoms with Gasteiger partial charge in [-0.2, -0.15) is 0 Å². The molecule has 0 aromatic heterocycles. The van der Waals surface area contributed by atoms with Crippen molar-refractivity contribution in [1.82, 2.24) is 0 Å². The lowest BCUT2D eigenvalue weighted by Gasteiger charge is -2.11. The third kappa shape index (κ3) is 3.50. The predicted octanol–water partition coefficient (Wildman–Crippen LogP) is 3.59.